The van der Waals surface area contributed by atoms with Crippen LogP contribution in [0.4, 0.5) is 0 Å². The van der Waals surface area contributed by atoms with Gasteiger partial charge in [0.05, 0.1) is 6.61 Å². The number of aliphatic hydroxyl groups excluding tert-OH is 1. The van der Waals surface area contributed by atoms with E-state index >= 15 is 0 Å². The third-order valence-corrected chi connectivity index (χ3v) is 2.22. The SMILES string of the molecule is COC[C@H]1O[C@@H](O)c2ccccc21. The van der Waals surface area contributed by atoms with Crippen molar-refractivity contribution in [3.63, 3.8) is 0 Å². The van der Waals surface area contributed by atoms with Gasteiger partial charge < -0.3 is 14.6 Å². The van der Waals surface area contributed by atoms with Crippen LogP contribution in [0.1, 0.15) is 23.5 Å². The Morgan fingerprint density at radius 2 is 2.08 bits per heavy atom. The Hall–Kier alpha value is -0.900. The van der Waals surface area contributed by atoms with Crippen molar-refractivity contribution < 1.29 is 14.6 Å². The molecule has 1 aliphatic rings. The number of fused-ring (bicyclic) bond motifs is 1. The summed E-state index contributed by atoms with van der Waals surface area (Å²) in [5.41, 5.74) is 1.88. The number of benzene rings is 1. The van der Waals surface area contributed by atoms with Crippen LogP contribution in [0.3, 0.4) is 0 Å². The average molecular weight is 180 g/mol. The van der Waals surface area contributed by atoms with Crippen LogP contribution >= 0.6 is 0 Å². The van der Waals surface area contributed by atoms with Crippen molar-refractivity contribution in [2.24, 2.45) is 0 Å². The summed E-state index contributed by atoms with van der Waals surface area (Å²) >= 11 is 0. The third kappa shape index (κ3) is 1.46. The lowest BCUT2D eigenvalue weighted by atomic mass is 10.1. The first-order valence-electron chi connectivity index (χ1n) is 4.24. The van der Waals surface area contributed by atoms with E-state index in [9.17, 15) is 5.11 Å². The molecular formula is C10H12O3. The van der Waals surface area contributed by atoms with Crippen LogP contribution in [0.5, 0.6) is 0 Å². The number of methoxy groups -OCH3 is 1. The van der Waals surface area contributed by atoms with Crippen molar-refractivity contribution in [2.75, 3.05) is 13.7 Å². The van der Waals surface area contributed by atoms with Crippen molar-refractivity contribution in [3.05, 3.63) is 35.4 Å². The molecule has 2 atom stereocenters. The molecule has 0 saturated carbocycles. The van der Waals surface area contributed by atoms with Gasteiger partial charge in [-0.3, -0.25) is 0 Å². The normalized spacial score (nSPS) is 26.0. The van der Waals surface area contributed by atoms with Gasteiger partial charge in [0, 0.05) is 12.7 Å². The first kappa shape index (κ1) is 8.69. The van der Waals surface area contributed by atoms with Crippen LogP contribution in [0.25, 0.3) is 0 Å². The quantitative estimate of drug-likeness (QED) is 0.747. The minimum absolute atomic E-state index is 0.129. The molecule has 1 aromatic carbocycles. The van der Waals surface area contributed by atoms with E-state index in [1.54, 1.807) is 7.11 Å². The van der Waals surface area contributed by atoms with Gasteiger partial charge in [0.1, 0.15) is 6.10 Å². The van der Waals surface area contributed by atoms with E-state index in [0.29, 0.717) is 6.61 Å². The van der Waals surface area contributed by atoms with Crippen molar-refractivity contribution in [2.45, 2.75) is 12.4 Å². The maximum atomic E-state index is 9.50. The van der Waals surface area contributed by atoms with Gasteiger partial charge in [0.2, 0.25) is 0 Å². The Balaban J connectivity index is 2.30. The van der Waals surface area contributed by atoms with E-state index in [2.05, 4.69) is 0 Å². The molecule has 2 rings (SSSR count). The van der Waals surface area contributed by atoms with E-state index in [-0.39, 0.29) is 6.10 Å². The second-order valence-electron chi connectivity index (χ2n) is 3.06. The summed E-state index contributed by atoms with van der Waals surface area (Å²) in [5.74, 6) is 0. The van der Waals surface area contributed by atoms with Crippen LogP contribution in [0, 0.1) is 0 Å². The van der Waals surface area contributed by atoms with Gasteiger partial charge in [-0.15, -0.1) is 0 Å². The molecule has 1 N–H and O–H groups in total. The Kier molecular flexibility index (Phi) is 2.31. The standard InChI is InChI=1S/C10H12O3/c1-12-6-9-7-4-2-3-5-8(7)10(11)13-9/h2-5,9-11H,6H2,1H3/t9-,10-/m1/s1. The van der Waals surface area contributed by atoms with Crippen LogP contribution in [-0.2, 0) is 9.47 Å². The van der Waals surface area contributed by atoms with E-state index in [1.165, 1.54) is 0 Å². The first-order valence-corrected chi connectivity index (χ1v) is 4.24. The Morgan fingerprint density at radius 1 is 1.38 bits per heavy atom. The molecule has 0 aromatic heterocycles. The Morgan fingerprint density at radius 3 is 2.77 bits per heavy atom. The average Bonchev–Trinajstić information content (AvgIpc) is 2.46. The van der Waals surface area contributed by atoms with Crippen LogP contribution in [-0.4, -0.2) is 18.8 Å². The molecule has 1 aliphatic heterocycles. The van der Waals surface area contributed by atoms with Crippen molar-refractivity contribution in [1.29, 1.82) is 0 Å². The smallest absolute Gasteiger partial charge is 0.182 e. The fraction of sp³-hybridized carbons (Fsp3) is 0.400. The largest absolute Gasteiger partial charge is 0.382 e. The van der Waals surface area contributed by atoms with Gasteiger partial charge in [-0.25, -0.2) is 0 Å². The van der Waals surface area contributed by atoms with Crippen LogP contribution in [0.2, 0.25) is 0 Å². The topological polar surface area (TPSA) is 38.7 Å². The zero-order valence-corrected chi connectivity index (χ0v) is 7.43. The van der Waals surface area contributed by atoms with Crippen LogP contribution < -0.4 is 0 Å². The highest BCUT2D eigenvalue weighted by Gasteiger charge is 2.29. The number of aliphatic hydroxyl groups is 1. The maximum absolute atomic E-state index is 9.50. The molecule has 0 aliphatic carbocycles. The summed E-state index contributed by atoms with van der Waals surface area (Å²) in [6.07, 6.45) is -0.924. The number of hydrogen-bond acceptors (Lipinski definition) is 3. The molecule has 0 amide bonds. The van der Waals surface area contributed by atoms with E-state index < -0.39 is 6.29 Å². The number of hydrogen-bond donors (Lipinski definition) is 1. The van der Waals surface area contributed by atoms with Crippen LogP contribution in [0.15, 0.2) is 24.3 Å². The molecule has 0 saturated heterocycles. The maximum Gasteiger partial charge on any atom is 0.182 e. The minimum atomic E-state index is -0.795. The molecule has 0 unspecified atom stereocenters. The van der Waals surface area contributed by atoms with Crippen molar-refractivity contribution in [1.82, 2.24) is 0 Å². The summed E-state index contributed by atoms with van der Waals surface area (Å²) in [6.45, 7) is 0.480. The second-order valence-corrected chi connectivity index (χ2v) is 3.06. The highest BCUT2D eigenvalue weighted by molar-refractivity contribution is 5.33. The molecule has 1 heterocycles. The third-order valence-electron chi connectivity index (χ3n) is 2.22. The number of ether oxygens (including phenoxy) is 2. The molecule has 0 spiro atoms. The van der Waals surface area contributed by atoms with Gasteiger partial charge in [-0.05, 0) is 5.56 Å². The monoisotopic (exact) mass is 180 g/mol. The van der Waals surface area contributed by atoms with Gasteiger partial charge >= 0.3 is 0 Å². The summed E-state index contributed by atoms with van der Waals surface area (Å²) < 4.78 is 10.3. The molecule has 13 heavy (non-hydrogen) atoms. The molecule has 3 heteroatoms. The van der Waals surface area contributed by atoms with Crippen molar-refractivity contribution >= 4 is 0 Å². The molecule has 70 valence electrons. The summed E-state index contributed by atoms with van der Waals surface area (Å²) in [6, 6.07) is 7.65. The highest BCUT2D eigenvalue weighted by atomic mass is 16.6. The lowest BCUT2D eigenvalue weighted by molar-refractivity contribution is -0.134. The fourth-order valence-corrected chi connectivity index (χ4v) is 1.61. The summed E-state index contributed by atoms with van der Waals surface area (Å²) in [5, 5.41) is 9.50. The Bertz CT molecular complexity index is 298. The lowest BCUT2D eigenvalue weighted by Crippen LogP contribution is -2.04. The van der Waals surface area contributed by atoms with E-state index in [0.717, 1.165) is 11.1 Å². The zero-order valence-electron chi connectivity index (χ0n) is 7.43. The summed E-state index contributed by atoms with van der Waals surface area (Å²) in [7, 11) is 1.62. The fourth-order valence-electron chi connectivity index (χ4n) is 1.61. The molecule has 1 aromatic rings. The summed E-state index contributed by atoms with van der Waals surface area (Å²) in [4.78, 5) is 0. The zero-order chi connectivity index (χ0) is 9.26. The van der Waals surface area contributed by atoms with Gasteiger partial charge in [-0.1, -0.05) is 24.3 Å². The van der Waals surface area contributed by atoms with Gasteiger partial charge in [0.25, 0.3) is 0 Å². The van der Waals surface area contributed by atoms with Gasteiger partial charge in [0.15, 0.2) is 6.29 Å². The molecular weight excluding hydrogens is 168 g/mol. The molecule has 0 bridgehead atoms. The number of rotatable bonds is 2. The highest BCUT2D eigenvalue weighted by Crippen LogP contribution is 2.36. The molecule has 0 radical (unpaired) electrons. The lowest BCUT2D eigenvalue weighted by Gasteiger charge is -2.09. The van der Waals surface area contributed by atoms with E-state index in [4.69, 9.17) is 9.47 Å². The Labute approximate surface area is 76.9 Å². The van der Waals surface area contributed by atoms with Gasteiger partial charge in [-0.2, -0.15) is 0 Å². The molecule has 3 nitrogen and oxygen atoms in total. The predicted octanol–water partition coefficient (Wildman–Crippen LogP) is 1.40. The molecule has 0 fully saturated rings. The minimum Gasteiger partial charge on any atom is -0.382 e. The first-order chi connectivity index (χ1) is 6.33. The second kappa shape index (κ2) is 3.46. The predicted molar refractivity (Wildman–Crippen MR) is 47.1 cm³/mol. The van der Waals surface area contributed by atoms with Crippen molar-refractivity contribution in [3.8, 4) is 0 Å². The van der Waals surface area contributed by atoms with E-state index in [1.807, 2.05) is 24.3 Å².